The quantitative estimate of drug-likeness (QED) is 0.560. The number of Topliss-reactive ketones (excluding diaryl/α,β-unsaturated/α-hetero) is 2. The smallest absolute Gasteiger partial charge is 0.168 e. The first-order valence-electron chi connectivity index (χ1n) is 6.63. The summed E-state index contributed by atoms with van der Waals surface area (Å²) in [6.07, 6.45) is 4.17. The summed E-state index contributed by atoms with van der Waals surface area (Å²) in [4.78, 5) is 24.2. The zero-order valence-electron chi connectivity index (χ0n) is 10.7. The van der Waals surface area contributed by atoms with Crippen LogP contribution in [0.4, 0.5) is 0 Å². The molecule has 1 N–H and O–H groups in total. The molecule has 2 aliphatic rings. The lowest BCUT2D eigenvalue weighted by Crippen LogP contribution is -2.33. The average Bonchev–Trinajstić information content (AvgIpc) is 2.29. The summed E-state index contributed by atoms with van der Waals surface area (Å²) < 4.78 is 0. The predicted octanol–water partition coefficient (Wildman–Crippen LogP) is 2.22. The first kappa shape index (κ1) is 12.3. The first-order valence-corrected chi connectivity index (χ1v) is 6.63. The summed E-state index contributed by atoms with van der Waals surface area (Å²) >= 11 is 0. The van der Waals surface area contributed by atoms with E-state index in [4.69, 9.17) is 0 Å². The summed E-state index contributed by atoms with van der Waals surface area (Å²) in [7, 11) is 0. The molecule has 1 saturated carbocycles. The molecule has 1 aliphatic heterocycles. The molecule has 0 aromatic heterocycles. The van der Waals surface area contributed by atoms with Gasteiger partial charge in [-0.05, 0) is 31.1 Å². The monoisotopic (exact) mass is 235 g/mol. The molecule has 0 atom stereocenters. The minimum atomic E-state index is 0.0596. The second-order valence-electron chi connectivity index (χ2n) is 5.50. The largest absolute Gasteiger partial charge is 0.388 e. The number of hydrogen-bond acceptors (Lipinski definition) is 3. The van der Waals surface area contributed by atoms with Gasteiger partial charge in [0.05, 0.1) is 5.57 Å². The highest BCUT2D eigenvalue weighted by atomic mass is 16.1. The Morgan fingerprint density at radius 2 is 1.76 bits per heavy atom. The fourth-order valence-electron chi connectivity index (χ4n) is 2.68. The molecular weight excluding hydrogens is 214 g/mol. The van der Waals surface area contributed by atoms with Crippen LogP contribution < -0.4 is 5.32 Å². The Kier molecular flexibility index (Phi) is 3.65. The molecule has 0 aromatic rings. The lowest BCUT2D eigenvalue weighted by molar-refractivity contribution is -0.126. The van der Waals surface area contributed by atoms with Gasteiger partial charge in [0.25, 0.3) is 0 Å². The van der Waals surface area contributed by atoms with Crippen LogP contribution in [0.1, 0.15) is 46.0 Å². The summed E-state index contributed by atoms with van der Waals surface area (Å²) in [6, 6.07) is 0. The van der Waals surface area contributed by atoms with Crippen LogP contribution in [-0.2, 0) is 9.59 Å². The van der Waals surface area contributed by atoms with Gasteiger partial charge < -0.3 is 5.32 Å². The fourth-order valence-corrected chi connectivity index (χ4v) is 2.68. The third kappa shape index (κ3) is 2.59. The van der Waals surface area contributed by atoms with Crippen LogP contribution in [0, 0.1) is 11.8 Å². The van der Waals surface area contributed by atoms with Crippen molar-refractivity contribution >= 4 is 11.6 Å². The Morgan fingerprint density at radius 1 is 1.12 bits per heavy atom. The Labute approximate surface area is 103 Å². The van der Waals surface area contributed by atoms with Crippen molar-refractivity contribution in [2.24, 2.45) is 11.8 Å². The molecular formula is C14H21NO2. The van der Waals surface area contributed by atoms with Gasteiger partial charge in [-0.15, -0.1) is 0 Å². The predicted molar refractivity (Wildman–Crippen MR) is 66.5 cm³/mol. The molecule has 2 rings (SSSR count). The van der Waals surface area contributed by atoms with Crippen molar-refractivity contribution in [1.29, 1.82) is 0 Å². The summed E-state index contributed by atoms with van der Waals surface area (Å²) in [5, 5.41) is 3.23. The molecule has 0 amide bonds. The number of hydrogen-bond donors (Lipinski definition) is 1. The highest BCUT2D eigenvalue weighted by Crippen LogP contribution is 2.31. The molecule has 3 heteroatoms. The zero-order valence-corrected chi connectivity index (χ0v) is 10.7. The van der Waals surface area contributed by atoms with Crippen molar-refractivity contribution in [3.8, 4) is 0 Å². The molecule has 94 valence electrons. The Morgan fingerprint density at radius 3 is 2.24 bits per heavy atom. The van der Waals surface area contributed by atoms with Crippen molar-refractivity contribution in [3.63, 3.8) is 0 Å². The van der Waals surface area contributed by atoms with Crippen LogP contribution >= 0.6 is 0 Å². The maximum absolute atomic E-state index is 12.1. The molecule has 0 radical (unpaired) electrons. The van der Waals surface area contributed by atoms with Crippen molar-refractivity contribution < 1.29 is 9.59 Å². The molecule has 3 nitrogen and oxygen atoms in total. The lowest BCUT2D eigenvalue weighted by atomic mass is 9.77. The van der Waals surface area contributed by atoms with Crippen LogP contribution in [0.3, 0.4) is 0 Å². The third-order valence-corrected chi connectivity index (χ3v) is 3.89. The number of ketones is 2. The topological polar surface area (TPSA) is 46.2 Å². The number of carbonyl (C=O) groups excluding carboxylic acids is 2. The average molecular weight is 235 g/mol. The molecule has 2 fully saturated rings. The van der Waals surface area contributed by atoms with Gasteiger partial charge >= 0.3 is 0 Å². The van der Waals surface area contributed by atoms with E-state index in [-0.39, 0.29) is 17.5 Å². The van der Waals surface area contributed by atoms with Crippen molar-refractivity contribution in [2.45, 2.75) is 46.0 Å². The third-order valence-electron chi connectivity index (χ3n) is 3.89. The van der Waals surface area contributed by atoms with E-state index in [0.29, 0.717) is 24.3 Å². The standard InChI is InChI=1S/C14H21NO2/c1-9(2)10-7-12(16)14(13(17)8-10)11-5-3-4-6-15-11/h9-10,15H,3-8H2,1-2H3. The van der Waals surface area contributed by atoms with Gasteiger partial charge in [0.2, 0.25) is 0 Å². The second kappa shape index (κ2) is 5.03. The molecule has 1 aliphatic carbocycles. The molecule has 0 bridgehead atoms. The molecule has 0 spiro atoms. The summed E-state index contributed by atoms with van der Waals surface area (Å²) in [5.41, 5.74) is 1.40. The van der Waals surface area contributed by atoms with E-state index in [1.165, 1.54) is 0 Å². The molecule has 0 unspecified atom stereocenters. The number of carbonyl (C=O) groups is 2. The van der Waals surface area contributed by atoms with Crippen LogP contribution in [0.25, 0.3) is 0 Å². The van der Waals surface area contributed by atoms with Gasteiger partial charge in [0, 0.05) is 25.1 Å². The van der Waals surface area contributed by atoms with Crippen LogP contribution in [0.2, 0.25) is 0 Å². The van der Waals surface area contributed by atoms with Gasteiger partial charge in [0.1, 0.15) is 0 Å². The van der Waals surface area contributed by atoms with E-state index in [2.05, 4.69) is 19.2 Å². The SMILES string of the molecule is CC(C)C1CC(=O)C(=C2CCCCN2)C(=O)C1. The Balaban J connectivity index is 2.20. The highest BCUT2D eigenvalue weighted by Gasteiger charge is 2.34. The highest BCUT2D eigenvalue weighted by molar-refractivity contribution is 6.22. The molecule has 1 heterocycles. The van der Waals surface area contributed by atoms with E-state index in [1.807, 2.05) is 0 Å². The van der Waals surface area contributed by atoms with Gasteiger partial charge in [0.15, 0.2) is 11.6 Å². The van der Waals surface area contributed by atoms with Crippen molar-refractivity contribution in [2.75, 3.05) is 6.54 Å². The minimum absolute atomic E-state index is 0.0596. The summed E-state index contributed by atoms with van der Waals surface area (Å²) in [5.74, 6) is 0.769. The fraction of sp³-hybridized carbons (Fsp3) is 0.714. The lowest BCUT2D eigenvalue weighted by Gasteiger charge is -2.28. The van der Waals surface area contributed by atoms with Crippen molar-refractivity contribution in [1.82, 2.24) is 5.32 Å². The maximum Gasteiger partial charge on any atom is 0.168 e. The van der Waals surface area contributed by atoms with Crippen LogP contribution in [0.5, 0.6) is 0 Å². The number of piperidine rings is 1. The van der Waals surface area contributed by atoms with Gasteiger partial charge in [-0.2, -0.15) is 0 Å². The molecule has 1 saturated heterocycles. The maximum atomic E-state index is 12.1. The van der Waals surface area contributed by atoms with E-state index < -0.39 is 0 Å². The Hall–Kier alpha value is -1.12. The van der Waals surface area contributed by atoms with Gasteiger partial charge in [-0.3, -0.25) is 9.59 Å². The number of nitrogens with one attached hydrogen (secondary N) is 1. The van der Waals surface area contributed by atoms with Crippen LogP contribution in [-0.4, -0.2) is 18.1 Å². The van der Waals surface area contributed by atoms with Crippen LogP contribution in [0.15, 0.2) is 11.3 Å². The van der Waals surface area contributed by atoms with E-state index in [0.717, 1.165) is 31.5 Å². The first-order chi connectivity index (χ1) is 8.09. The van der Waals surface area contributed by atoms with E-state index in [9.17, 15) is 9.59 Å². The van der Waals surface area contributed by atoms with Gasteiger partial charge in [-0.25, -0.2) is 0 Å². The molecule has 0 aromatic carbocycles. The minimum Gasteiger partial charge on any atom is -0.388 e. The van der Waals surface area contributed by atoms with Crippen molar-refractivity contribution in [3.05, 3.63) is 11.3 Å². The van der Waals surface area contributed by atoms with E-state index in [1.54, 1.807) is 0 Å². The zero-order chi connectivity index (χ0) is 12.4. The number of rotatable bonds is 1. The molecule has 17 heavy (non-hydrogen) atoms. The van der Waals surface area contributed by atoms with E-state index >= 15 is 0 Å². The Bertz CT molecular complexity index is 340. The second-order valence-corrected chi connectivity index (χ2v) is 5.50. The van der Waals surface area contributed by atoms with Gasteiger partial charge in [-0.1, -0.05) is 13.8 Å². The summed E-state index contributed by atoms with van der Waals surface area (Å²) in [6.45, 7) is 5.07. The number of allylic oxidation sites excluding steroid dienone is 2. The normalized spacial score (nSPS) is 26.4.